The zero-order valence-electron chi connectivity index (χ0n) is 16.7. The van der Waals surface area contributed by atoms with E-state index in [1.54, 1.807) is 18.3 Å². The first-order valence-electron chi connectivity index (χ1n) is 10.00. The minimum Gasteiger partial charge on any atom is -0.507 e. The summed E-state index contributed by atoms with van der Waals surface area (Å²) in [7, 11) is -4.37. The second-order valence-electron chi connectivity index (χ2n) is 7.83. The number of phenolic OH excluding ortho intramolecular Hbond substituents is 1. The zero-order valence-corrected chi connectivity index (χ0v) is 17.5. The summed E-state index contributed by atoms with van der Waals surface area (Å²) in [6.07, 6.45) is 4.28. The lowest BCUT2D eigenvalue weighted by atomic mass is 9.74. The fraction of sp³-hybridized carbons (Fsp3) is 0.318. The van der Waals surface area contributed by atoms with Crippen LogP contribution in [0.5, 0.6) is 5.75 Å². The Morgan fingerprint density at radius 1 is 1.27 bits per heavy atom. The monoisotopic (exact) mass is 425 g/mol. The van der Waals surface area contributed by atoms with Crippen molar-refractivity contribution >= 4 is 28.6 Å². The molecule has 2 N–H and O–H groups in total. The number of para-hydroxylation sites is 1. The number of benzene rings is 1. The van der Waals surface area contributed by atoms with Gasteiger partial charge in [0.2, 0.25) is 0 Å². The molecule has 4 rings (SSSR count). The molecule has 8 heteroatoms. The van der Waals surface area contributed by atoms with Gasteiger partial charge in [-0.25, -0.2) is 8.42 Å². The van der Waals surface area contributed by atoms with Crippen LogP contribution in [-0.4, -0.2) is 47.8 Å². The van der Waals surface area contributed by atoms with Crippen molar-refractivity contribution in [2.24, 2.45) is 0 Å². The number of nitrogens with zero attached hydrogens (tertiary/aromatic N) is 1. The van der Waals surface area contributed by atoms with E-state index in [-0.39, 0.29) is 17.8 Å². The van der Waals surface area contributed by atoms with Crippen LogP contribution in [0.1, 0.15) is 31.0 Å². The lowest BCUT2D eigenvalue weighted by molar-refractivity contribution is 0.171. The molecule has 0 radical (unpaired) electrons. The third-order valence-electron chi connectivity index (χ3n) is 5.71. The van der Waals surface area contributed by atoms with Crippen LogP contribution in [0.4, 0.5) is 0 Å². The van der Waals surface area contributed by atoms with E-state index in [4.69, 9.17) is 4.65 Å². The van der Waals surface area contributed by atoms with Crippen LogP contribution in [0, 0.1) is 0 Å². The number of fused-ring (bicyclic) bond motifs is 1. The molecule has 30 heavy (non-hydrogen) atoms. The lowest BCUT2D eigenvalue weighted by Crippen LogP contribution is -2.41. The fourth-order valence-electron chi connectivity index (χ4n) is 4.35. The number of hydrogen-bond donors (Lipinski definition) is 2. The average molecular weight is 425 g/mol. The van der Waals surface area contributed by atoms with E-state index in [0.717, 1.165) is 22.4 Å². The first kappa shape index (κ1) is 20.8. The zero-order chi connectivity index (χ0) is 21.3. The van der Waals surface area contributed by atoms with Crippen molar-refractivity contribution in [2.75, 3.05) is 5.75 Å². The predicted octanol–water partition coefficient (Wildman–Crippen LogP) is 3.10. The van der Waals surface area contributed by atoms with Crippen molar-refractivity contribution in [3.63, 3.8) is 0 Å². The van der Waals surface area contributed by atoms with Crippen molar-refractivity contribution in [3.05, 3.63) is 71.1 Å². The van der Waals surface area contributed by atoms with E-state index < -0.39 is 28.3 Å². The first-order chi connectivity index (χ1) is 14.3. The van der Waals surface area contributed by atoms with Crippen LogP contribution in [-0.2, 0) is 14.5 Å². The number of aromatic nitrogens is 1. The van der Waals surface area contributed by atoms with E-state index >= 15 is 0 Å². The third kappa shape index (κ3) is 4.21. The first-order valence-corrected chi connectivity index (χ1v) is 11.7. The Morgan fingerprint density at radius 2 is 2.03 bits per heavy atom. The normalized spacial score (nSPS) is 23.5. The topological polar surface area (TPSA) is 96.7 Å². The maximum absolute atomic E-state index is 12.5. The smallest absolute Gasteiger partial charge is 0.456 e. The van der Waals surface area contributed by atoms with E-state index in [9.17, 15) is 18.5 Å². The average Bonchev–Trinajstić information content (AvgIpc) is 2.95. The van der Waals surface area contributed by atoms with Gasteiger partial charge in [-0.2, -0.15) is 0 Å². The molecule has 0 spiro atoms. The van der Waals surface area contributed by atoms with E-state index in [0.29, 0.717) is 18.4 Å². The maximum atomic E-state index is 12.5. The molecule has 6 nitrogen and oxygen atoms in total. The Bertz CT molecular complexity index is 1100. The standard InChI is InChI=1S/C22H24BNO5S/c1-15-14-30(27,28)21-13-23(26)29-20(22(15)21)10-9-16(18-7-4-5-11-24-18)12-17-6-2-3-8-19(17)25/h2-8,11-12,20-21,25-26H,9-10,13-14H2,1H3/b16-12-/t20-,21+/m1/s1. The number of allylic oxidation sites excluding steroid dienone is 1. The van der Waals surface area contributed by atoms with Gasteiger partial charge in [0.25, 0.3) is 0 Å². The molecule has 156 valence electrons. The highest BCUT2D eigenvalue weighted by atomic mass is 32.2. The molecule has 2 aliphatic heterocycles. The summed E-state index contributed by atoms with van der Waals surface area (Å²) in [5.74, 6) is 0.205. The van der Waals surface area contributed by atoms with Crippen LogP contribution in [0.3, 0.4) is 0 Å². The molecule has 0 saturated carbocycles. The molecule has 3 heterocycles. The van der Waals surface area contributed by atoms with Gasteiger partial charge in [0.15, 0.2) is 9.84 Å². The SMILES string of the molecule is CC1=C2[C@@H](CC/C(=C/c3ccccc3O)c3ccccn3)OB(O)C[C@@H]2S(=O)(=O)C1. The quantitative estimate of drug-likeness (QED) is 0.565. The summed E-state index contributed by atoms with van der Waals surface area (Å²) in [6.45, 7) is 1.83. The summed E-state index contributed by atoms with van der Waals surface area (Å²) in [6, 6.07) is 12.7. The van der Waals surface area contributed by atoms with Crippen LogP contribution in [0.15, 0.2) is 59.8 Å². The molecule has 1 aromatic carbocycles. The predicted molar refractivity (Wildman–Crippen MR) is 117 cm³/mol. The summed E-state index contributed by atoms with van der Waals surface area (Å²) in [5, 5.41) is 19.6. The summed E-state index contributed by atoms with van der Waals surface area (Å²) < 4.78 is 30.7. The number of phenols is 1. The number of hydrogen-bond acceptors (Lipinski definition) is 6. The second kappa shape index (κ2) is 8.37. The van der Waals surface area contributed by atoms with E-state index in [1.807, 2.05) is 43.3 Å². The van der Waals surface area contributed by atoms with Gasteiger partial charge in [-0.3, -0.25) is 4.98 Å². The van der Waals surface area contributed by atoms with Gasteiger partial charge in [0.1, 0.15) is 5.75 Å². The summed E-state index contributed by atoms with van der Waals surface area (Å²) >= 11 is 0. The molecule has 1 saturated heterocycles. The Kier molecular flexibility index (Phi) is 5.82. The molecule has 1 aromatic heterocycles. The summed E-state index contributed by atoms with van der Waals surface area (Å²) in [5.41, 5.74) is 3.97. The molecular formula is C22H24BNO5S. The molecule has 0 aliphatic carbocycles. The molecule has 2 atom stereocenters. The van der Waals surface area contributed by atoms with Crippen LogP contribution < -0.4 is 0 Å². The highest BCUT2D eigenvalue weighted by Crippen LogP contribution is 2.40. The number of aromatic hydroxyl groups is 1. The van der Waals surface area contributed by atoms with Gasteiger partial charge in [0, 0.05) is 18.1 Å². The minimum absolute atomic E-state index is 0.0282. The van der Waals surface area contributed by atoms with Gasteiger partial charge in [-0.1, -0.05) is 29.8 Å². The molecule has 1 fully saturated rings. The van der Waals surface area contributed by atoms with Crippen LogP contribution >= 0.6 is 0 Å². The highest BCUT2D eigenvalue weighted by molar-refractivity contribution is 7.92. The molecule has 2 aromatic rings. The molecule has 0 unspecified atom stereocenters. The molecule has 0 amide bonds. The summed E-state index contributed by atoms with van der Waals surface area (Å²) in [4.78, 5) is 4.44. The lowest BCUT2D eigenvalue weighted by Gasteiger charge is -2.31. The molecule has 2 aliphatic rings. The van der Waals surface area contributed by atoms with Crippen LogP contribution in [0.25, 0.3) is 11.6 Å². The van der Waals surface area contributed by atoms with Crippen molar-refractivity contribution in [3.8, 4) is 5.75 Å². The third-order valence-corrected chi connectivity index (χ3v) is 7.86. The Balaban J connectivity index is 1.63. The molecular weight excluding hydrogens is 401 g/mol. The van der Waals surface area contributed by atoms with Gasteiger partial charge >= 0.3 is 7.12 Å². The Hall–Kier alpha value is -2.42. The van der Waals surface area contributed by atoms with Crippen molar-refractivity contribution in [1.82, 2.24) is 4.98 Å². The number of sulfone groups is 1. The van der Waals surface area contributed by atoms with Gasteiger partial charge in [0.05, 0.1) is 22.8 Å². The second-order valence-corrected chi connectivity index (χ2v) is 10.0. The molecule has 0 bridgehead atoms. The van der Waals surface area contributed by atoms with Gasteiger partial charge < -0.3 is 14.8 Å². The van der Waals surface area contributed by atoms with Gasteiger partial charge in [-0.15, -0.1) is 0 Å². The number of pyridine rings is 1. The number of rotatable bonds is 5. The van der Waals surface area contributed by atoms with Crippen LogP contribution in [0.2, 0.25) is 6.32 Å². The minimum atomic E-state index is -3.28. The van der Waals surface area contributed by atoms with Gasteiger partial charge in [-0.05, 0) is 55.2 Å². The fourth-order valence-corrected chi connectivity index (χ4v) is 6.51. The van der Waals surface area contributed by atoms with Crippen molar-refractivity contribution in [1.29, 1.82) is 0 Å². The Morgan fingerprint density at radius 3 is 2.77 bits per heavy atom. The van der Waals surface area contributed by atoms with E-state index in [1.165, 1.54) is 0 Å². The Labute approximate surface area is 177 Å². The van der Waals surface area contributed by atoms with Crippen molar-refractivity contribution < 1.29 is 23.2 Å². The maximum Gasteiger partial charge on any atom is 0.456 e. The van der Waals surface area contributed by atoms with E-state index in [2.05, 4.69) is 4.98 Å². The highest BCUT2D eigenvalue weighted by Gasteiger charge is 2.47. The largest absolute Gasteiger partial charge is 0.507 e. The van der Waals surface area contributed by atoms with Crippen molar-refractivity contribution in [2.45, 2.75) is 37.4 Å².